The quantitative estimate of drug-likeness (QED) is 0.141. The van der Waals surface area contributed by atoms with Gasteiger partial charge in [-0.15, -0.1) is 0 Å². The lowest BCUT2D eigenvalue weighted by Crippen LogP contribution is -2.38. The molecule has 2 aliphatic carbocycles. The van der Waals surface area contributed by atoms with Crippen LogP contribution in [0.2, 0.25) is 0 Å². The highest BCUT2D eigenvalue weighted by atomic mass is 17.1. The van der Waals surface area contributed by atoms with Gasteiger partial charge in [0.15, 0.2) is 0 Å². The minimum atomic E-state index is -0.528. The van der Waals surface area contributed by atoms with Crippen LogP contribution in [-0.2, 0) is 9.68 Å². The summed E-state index contributed by atoms with van der Waals surface area (Å²) in [6.07, 6.45) is 18.4. The second-order valence-corrected chi connectivity index (χ2v) is 10.4. The van der Waals surface area contributed by atoms with E-state index in [1.54, 1.807) is 0 Å². The molecular formula is C26H46O4. The zero-order valence-electron chi connectivity index (χ0n) is 19.7. The summed E-state index contributed by atoms with van der Waals surface area (Å²) in [4.78, 5) is 17.2. The fourth-order valence-corrected chi connectivity index (χ4v) is 5.71. The molecule has 0 heterocycles. The second kappa shape index (κ2) is 13.0. The van der Waals surface area contributed by atoms with E-state index in [9.17, 15) is 9.90 Å². The summed E-state index contributed by atoms with van der Waals surface area (Å²) in [7, 11) is 0. The molecule has 30 heavy (non-hydrogen) atoms. The number of aliphatic hydroxyl groups is 1. The van der Waals surface area contributed by atoms with Crippen LogP contribution in [0, 0.1) is 23.7 Å². The molecule has 0 aliphatic heterocycles. The Kier molecular flexibility index (Phi) is 11.1. The zero-order valence-corrected chi connectivity index (χ0v) is 19.7. The normalized spacial score (nSPS) is 30.3. The monoisotopic (exact) mass is 422 g/mol. The fourth-order valence-electron chi connectivity index (χ4n) is 5.71. The minimum Gasteiger partial charge on any atom is -0.390 e. The van der Waals surface area contributed by atoms with Crippen molar-refractivity contribution in [2.45, 2.75) is 122 Å². The van der Waals surface area contributed by atoms with Crippen LogP contribution in [0.3, 0.4) is 0 Å². The van der Waals surface area contributed by atoms with Crippen LogP contribution in [0.5, 0.6) is 0 Å². The fraction of sp³-hybridized carbons (Fsp3) is 0.885. The van der Waals surface area contributed by atoms with Gasteiger partial charge < -0.3 is 5.11 Å². The smallest absolute Gasteiger partial charge is 0.136 e. The lowest BCUT2D eigenvalue weighted by Gasteiger charge is -2.40. The van der Waals surface area contributed by atoms with Crippen molar-refractivity contribution in [3.05, 3.63) is 12.2 Å². The lowest BCUT2D eigenvalue weighted by molar-refractivity contribution is -0.289. The third kappa shape index (κ3) is 7.76. The first-order valence-corrected chi connectivity index (χ1v) is 12.6. The van der Waals surface area contributed by atoms with Gasteiger partial charge in [0.05, 0.1) is 11.7 Å². The molecular weight excluding hydrogens is 376 g/mol. The first-order valence-electron chi connectivity index (χ1n) is 12.6. The maximum absolute atomic E-state index is 12.6. The Morgan fingerprint density at radius 2 is 1.93 bits per heavy atom. The molecule has 4 heteroatoms. The SMILES string of the molecule is CCCCCCC[C@]1(O)CC[C@H]2[C@@H](CC(=O)[C@@H]2C/C=C\CCCC(OO)C(C)C)C1. The van der Waals surface area contributed by atoms with Gasteiger partial charge in [0.1, 0.15) is 5.78 Å². The Morgan fingerprint density at radius 1 is 1.17 bits per heavy atom. The van der Waals surface area contributed by atoms with Crippen LogP contribution in [-0.4, -0.2) is 27.9 Å². The number of fused-ring (bicyclic) bond motifs is 1. The lowest BCUT2D eigenvalue weighted by atomic mass is 9.69. The van der Waals surface area contributed by atoms with E-state index < -0.39 is 5.60 Å². The molecule has 4 nitrogen and oxygen atoms in total. The van der Waals surface area contributed by atoms with E-state index in [4.69, 9.17) is 5.26 Å². The molecule has 2 rings (SSSR count). The first kappa shape index (κ1) is 25.5. The van der Waals surface area contributed by atoms with Crippen molar-refractivity contribution in [3.8, 4) is 0 Å². The molecule has 0 spiro atoms. The predicted molar refractivity (Wildman–Crippen MR) is 122 cm³/mol. The number of hydrogen-bond donors (Lipinski definition) is 2. The summed E-state index contributed by atoms with van der Waals surface area (Å²) < 4.78 is 0. The summed E-state index contributed by atoms with van der Waals surface area (Å²) in [6.45, 7) is 6.33. The van der Waals surface area contributed by atoms with Crippen molar-refractivity contribution in [1.29, 1.82) is 0 Å². The van der Waals surface area contributed by atoms with Crippen molar-refractivity contribution in [2.75, 3.05) is 0 Å². The highest BCUT2D eigenvalue weighted by molar-refractivity contribution is 5.84. The van der Waals surface area contributed by atoms with E-state index >= 15 is 0 Å². The molecule has 0 saturated heterocycles. The zero-order chi connectivity index (χ0) is 22.0. The Bertz CT molecular complexity index is 529. The van der Waals surface area contributed by atoms with Gasteiger partial charge in [-0.1, -0.05) is 65.0 Å². The van der Waals surface area contributed by atoms with Crippen LogP contribution in [0.4, 0.5) is 0 Å². The van der Waals surface area contributed by atoms with Gasteiger partial charge in [0.25, 0.3) is 0 Å². The standard InChI is InChI=1S/C26H46O4/c1-4-5-6-9-12-16-26(28)17-15-22-21(19-26)18-24(27)23(22)13-10-7-8-11-14-25(30-29)20(2)3/h7,10,20-23,25,28-29H,4-6,8-9,11-19H2,1-3H3/b10-7-/t21-,22-,23+,25?,26-/m0/s1. The Balaban J connectivity index is 1.72. The average Bonchev–Trinajstić information content (AvgIpc) is 3.00. The maximum atomic E-state index is 12.6. The van der Waals surface area contributed by atoms with E-state index in [2.05, 4.69) is 37.8 Å². The number of hydrogen-bond acceptors (Lipinski definition) is 4. The van der Waals surface area contributed by atoms with Crippen LogP contribution in [0.25, 0.3) is 0 Å². The van der Waals surface area contributed by atoms with Crippen LogP contribution < -0.4 is 0 Å². The van der Waals surface area contributed by atoms with Gasteiger partial charge in [0.2, 0.25) is 0 Å². The van der Waals surface area contributed by atoms with Crippen molar-refractivity contribution in [2.24, 2.45) is 23.7 Å². The van der Waals surface area contributed by atoms with Gasteiger partial charge >= 0.3 is 0 Å². The number of ketones is 1. The highest BCUT2D eigenvalue weighted by Gasteiger charge is 2.48. The van der Waals surface area contributed by atoms with Crippen LogP contribution in [0.1, 0.15) is 111 Å². The minimum absolute atomic E-state index is 0.0943. The summed E-state index contributed by atoms with van der Waals surface area (Å²) in [6, 6.07) is 0. The second-order valence-electron chi connectivity index (χ2n) is 10.4. The summed E-state index contributed by atoms with van der Waals surface area (Å²) >= 11 is 0. The molecule has 0 amide bonds. The number of carbonyl (C=O) groups excluding carboxylic acids is 1. The molecule has 2 saturated carbocycles. The molecule has 2 aliphatic rings. The van der Waals surface area contributed by atoms with E-state index in [0.717, 1.165) is 57.8 Å². The van der Waals surface area contributed by atoms with Crippen molar-refractivity contribution in [3.63, 3.8) is 0 Å². The number of unbranched alkanes of at least 4 members (excludes halogenated alkanes) is 5. The molecule has 2 N–H and O–H groups in total. The molecule has 0 aromatic carbocycles. The topological polar surface area (TPSA) is 66.8 Å². The number of allylic oxidation sites excluding steroid dienone is 2. The Labute approximate surface area is 184 Å². The van der Waals surface area contributed by atoms with Crippen LogP contribution >= 0.6 is 0 Å². The summed E-state index contributed by atoms with van der Waals surface area (Å²) in [5.41, 5.74) is -0.528. The van der Waals surface area contributed by atoms with Gasteiger partial charge in [0, 0.05) is 12.3 Å². The number of carbonyl (C=O) groups is 1. The highest BCUT2D eigenvalue weighted by Crippen LogP contribution is 2.49. The Hall–Kier alpha value is -0.710. The van der Waals surface area contributed by atoms with Gasteiger partial charge in [-0.05, 0) is 69.1 Å². The number of Topliss-reactive ketones (excluding diaryl/α,β-unsaturated/α-hetero) is 1. The first-order chi connectivity index (χ1) is 14.4. The third-order valence-corrected chi connectivity index (χ3v) is 7.63. The average molecular weight is 423 g/mol. The predicted octanol–water partition coefficient (Wildman–Crippen LogP) is 6.71. The maximum Gasteiger partial charge on any atom is 0.136 e. The van der Waals surface area contributed by atoms with Gasteiger partial charge in [-0.25, -0.2) is 4.89 Å². The van der Waals surface area contributed by atoms with Crippen molar-refractivity contribution < 1.29 is 20.0 Å². The molecule has 0 aromatic heterocycles. The molecule has 2 fully saturated rings. The van der Waals surface area contributed by atoms with E-state index in [0.29, 0.717) is 30.0 Å². The van der Waals surface area contributed by atoms with Crippen molar-refractivity contribution >= 4 is 5.78 Å². The van der Waals surface area contributed by atoms with E-state index in [1.165, 1.54) is 25.7 Å². The van der Waals surface area contributed by atoms with Gasteiger partial charge in [-0.3, -0.25) is 10.1 Å². The molecule has 0 bridgehead atoms. The van der Waals surface area contributed by atoms with Gasteiger partial charge in [-0.2, -0.15) is 0 Å². The summed E-state index contributed by atoms with van der Waals surface area (Å²) in [5.74, 6) is 1.74. The molecule has 0 radical (unpaired) electrons. The molecule has 1 unspecified atom stereocenters. The number of rotatable bonds is 14. The largest absolute Gasteiger partial charge is 0.390 e. The van der Waals surface area contributed by atoms with E-state index in [1.807, 2.05) is 0 Å². The third-order valence-electron chi connectivity index (χ3n) is 7.63. The van der Waals surface area contributed by atoms with Crippen molar-refractivity contribution in [1.82, 2.24) is 0 Å². The molecule has 0 aromatic rings. The van der Waals surface area contributed by atoms with Crippen LogP contribution in [0.15, 0.2) is 12.2 Å². The van der Waals surface area contributed by atoms with E-state index in [-0.39, 0.29) is 12.0 Å². The molecule has 174 valence electrons. The molecule has 5 atom stereocenters. The Morgan fingerprint density at radius 3 is 2.63 bits per heavy atom. The summed E-state index contributed by atoms with van der Waals surface area (Å²) in [5, 5.41) is 20.0.